The van der Waals surface area contributed by atoms with E-state index in [1.165, 1.54) is 12.1 Å². The normalized spacial score (nSPS) is 11.2. The van der Waals surface area contributed by atoms with Crippen LogP contribution in [0.3, 0.4) is 0 Å². The zero-order chi connectivity index (χ0) is 17.0. The van der Waals surface area contributed by atoms with E-state index in [2.05, 4.69) is 5.32 Å². The van der Waals surface area contributed by atoms with Crippen LogP contribution in [0, 0.1) is 0 Å². The van der Waals surface area contributed by atoms with Gasteiger partial charge in [-0.3, -0.25) is 0 Å². The SMILES string of the molecule is NS(=O)(=O)c1cccc(NCc2ccc(Oc3ccccc3)o2)c1. The highest BCUT2D eigenvalue weighted by molar-refractivity contribution is 7.89. The van der Waals surface area contributed by atoms with Crippen molar-refractivity contribution in [2.24, 2.45) is 5.14 Å². The number of ether oxygens (including phenoxy) is 1. The van der Waals surface area contributed by atoms with Crippen molar-refractivity contribution in [1.29, 1.82) is 0 Å². The minimum Gasteiger partial charge on any atom is -0.429 e. The topological polar surface area (TPSA) is 94.6 Å². The highest BCUT2D eigenvalue weighted by atomic mass is 32.2. The lowest BCUT2D eigenvalue weighted by Gasteiger charge is -2.06. The molecule has 0 unspecified atom stereocenters. The van der Waals surface area contributed by atoms with Crippen molar-refractivity contribution in [3.05, 3.63) is 72.5 Å². The molecular weight excluding hydrogens is 328 g/mol. The second-order valence-electron chi connectivity index (χ2n) is 5.06. The smallest absolute Gasteiger partial charge is 0.290 e. The van der Waals surface area contributed by atoms with Gasteiger partial charge in [-0.05, 0) is 36.4 Å². The van der Waals surface area contributed by atoms with E-state index < -0.39 is 10.0 Å². The number of furan rings is 1. The lowest BCUT2D eigenvalue weighted by Crippen LogP contribution is -2.12. The van der Waals surface area contributed by atoms with Crippen LogP contribution in [0.5, 0.6) is 11.7 Å². The van der Waals surface area contributed by atoms with Crippen LogP contribution in [0.15, 0.2) is 76.0 Å². The molecule has 0 saturated carbocycles. The zero-order valence-electron chi connectivity index (χ0n) is 12.7. The van der Waals surface area contributed by atoms with Crippen molar-refractivity contribution in [1.82, 2.24) is 0 Å². The van der Waals surface area contributed by atoms with Crippen molar-refractivity contribution in [2.45, 2.75) is 11.4 Å². The summed E-state index contributed by atoms with van der Waals surface area (Å²) in [4.78, 5) is 0.0556. The summed E-state index contributed by atoms with van der Waals surface area (Å²) in [5.74, 6) is 1.73. The summed E-state index contributed by atoms with van der Waals surface area (Å²) in [6.45, 7) is 0.381. The van der Waals surface area contributed by atoms with Crippen LogP contribution in [0.2, 0.25) is 0 Å². The molecule has 3 aromatic rings. The maximum atomic E-state index is 11.4. The van der Waals surface area contributed by atoms with Gasteiger partial charge < -0.3 is 14.5 Å². The number of nitrogens with one attached hydrogen (secondary N) is 1. The molecule has 0 bridgehead atoms. The second-order valence-corrected chi connectivity index (χ2v) is 6.62. The Morgan fingerprint density at radius 2 is 1.79 bits per heavy atom. The molecule has 3 rings (SSSR count). The number of primary sulfonamides is 1. The molecule has 24 heavy (non-hydrogen) atoms. The number of sulfonamides is 1. The molecule has 0 aliphatic carbocycles. The van der Waals surface area contributed by atoms with Gasteiger partial charge >= 0.3 is 0 Å². The minimum absolute atomic E-state index is 0.0556. The quantitative estimate of drug-likeness (QED) is 0.715. The molecule has 0 fully saturated rings. The van der Waals surface area contributed by atoms with Crippen LogP contribution in [-0.4, -0.2) is 8.42 Å². The number of anilines is 1. The van der Waals surface area contributed by atoms with Crippen molar-refractivity contribution in [2.75, 3.05) is 5.32 Å². The first-order valence-corrected chi connectivity index (χ1v) is 8.74. The highest BCUT2D eigenvalue weighted by Gasteiger charge is 2.08. The van der Waals surface area contributed by atoms with Crippen LogP contribution in [-0.2, 0) is 16.6 Å². The average Bonchev–Trinajstić information content (AvgIpc) is 3.01. The Balaban J connectivity index is 1.64. The predicted octanol–water partition coefficient (Wildman–Crippen LogP) is 3.33. The Morgan fingerprint density at radius 1 is 1.00 bits per heavy atom. The number of para-hydroxylation sites is 1. The average molecular weight is 344 g/mol. The van der Waals surface area contributed by atoms with Crippen LogP contribution < -0.4 is 15.2 Å². The van der Waals surface area contributed by atoms with Crippen LogP contribution in [0.25, 0.3) is 0 Å². The first-order valence-electron chi connectivity index (χ1n) is 7.19. The molecule has 3 N–H and O–H groups in total. The number of hydrogen-bond acceptors (Lipinski definition) is 5. The van der Waals surface area contributed by atoms with Gasteiger partial charge in [0.15, 0.2) is 0 Å². The van der Waals surface area contributed by atoms with E-state index in [9.17, 15) is 8.42 Å². The van der Waals surface area contributed by atoms with Crippen molar-refractivity contribution >= 4 is 15.7 Å². The molecular formula is C17H16N2O4S. The summed E-state index contributed by atoms with van der Waals surface area (Å²) in [5, 5.41) is 8.20. The van der Waals surface area contributed by atoms with Gasteiger partial charge in [-0.2, -0.15) is 0 Å². The first kappa shape index (κ1) is 16.1. The van der Waals surface area contributed by atoms with E-state index in [0.29, 0.717) is 29.7 Å². The van der Waals surface area contributed by atoms with Gasteiger partial charge in [0.25, 0.3) is 5.95 Å². The van der Waals surface area contributed by atoms with E-state index in [4.69, 9.17) is 14.3 Å². The molecule has 2 aromatic carbocycles. The largest absolute Gasteiger partial charge is 0.429 e. The molecule has 0 spiro atoms. The Labute approximate surface area is 139 Å². The van der Waals surface area contributed by atoms with E-state index in [1.54, 1.807) is 24.3 Å². The summed E-state index contributed by atoms with van der Waals surface area (Å²) >= 11 is 0. The van der Waals surface area contributed by atoms with Gasteiger partial charge in [-0.15, -0.1) is 0 Å². The van der Waals surface area contributed by atoms with E-state index in [0.717, 1.165) is 0 Å². The molecule has 0 aliphatic heterocycles. The molecule has 7 heteroatoms. The van der Waals surface area contributed by atoms with Crippen molar-refractivity contribution in [3.8, 4) is 11.7 Å². The molecule has 6 nitrogen and oxygen atoms in total. The van der Waals surface area contributed by atoms with Crippen LogP contribution >= 0.6 is 0 Å². The third-order valence-electron chi connectivity index (χ3n) is 3.23. The number of hydrogen-bond donors (Lipinski definition) is 2. The van der Waals surface area contributed by atoms with E-state index in [1.807, 2.05) is 30.3 Å². The van der Waals surface area contributed by atoms with Gasteiger partial charge in [-0.1, -0.05) is 24.3 Å². The predicted molar refractivity (Wildman–Crippen MR) is 90.4 cm³/mol. The number of rotatable bonds is 6. The fourth-order valence-electron chi connectivity index (χ4n) is 2.09. The zero-order valence-corrected chi connectivity index (χ0v) is 13.5. The highest BCUT2D eigenvalue weighted by Crippen LogP contribution is 2.24. The molecule has 0 atom stereocenters. The van der Waals surface area contributed by atoms with Crippen molar-refractivity contribution in [3.63, 3.8) is 0 Å². The number of benzene rings is 2. The van der Waals surface area contributed by atoms with Crippen LogP contribution in [0.1, 0.15) is 5.76 Å². The maximum Gasteiger partial charge on any atom is 0.290 e. The molecule has 0 aliphatic rings. The van der Waals surface area contributed by atoms with Gasteiger partial charge in [-0.25, -0.2) is 13.6 Å². The summed E-state index contributed by atoms with van der Waals surface area (Å²) in [6.07, 6.45) is 0. The monoisotopic (exact) mass is 344 g/mol. The Morgan fingerprint density at radius 3 is 2.54 bits per heavy atom. The third kappa shape index (κ3) is 4.15. The van der Waals surface area contributed by atoms with E-state index >= 15 is 0 Å². The van der Waals surface area contributed by atoms with Crippen LogP contribution in [0.4, 0.5) is 5.69 Å². The van der Waals surface area contributed by atoms with Gasteiger partial charge in [0.05, 0.1) is 11.4 Å². The van der Waals surface area contributed by atoms with Crippen molar-refractivity contribution < 1.29 is 17.6 Å². The summed E-state index contributed by atoms with van der Waals surface area (Å²) < 4.78 is 33.9. The second kappa shape index (κ2) is 6.77. The van der Waals surface area contributed by atoms with E-state index in [-0.39, 0.29) is 4.90 Å². The molecule has 0 amide bonds. The third-order valence-corrected chi connectivity index (χ3v) is 4.14. The number of nitrogens with two attached hydrogens (primary N) is 1. The Bertz CT molecular complexity index is 921. The molecule has 0 radical (unpaired) electrons. The Hall–Kier alpha value is -2.77. The fourth-order valence-corrected chi connectivity index (χ4v) is 2.64. The Kier molecular flexibility index (Phi) is 4.54. The fraction of sp³-hybridized carbons (Fsp3) is 0.0588. The maximum absolute atomic E-state index is 11.4. The molecule has 1 aromatic heterocycles. The van der Waals surface area contributed by atoms with Gasteiger partial charge in [0.1, 0.15) is 11.5 Å². The first-order chi connectivity index (χ1) is 11.5. The minimum atomic E-state index is -3.72. The van der Waals surface area contributed by atoms with Gasteiger partial charge in [0.2, 0.25) is 10.0 Å². The summed E-state index contributed by atoms with van der Waals surface area (Å²) in [7, 11) is -3.72. The molecule has 0 saturated heterocycles. The van der Waals surface area contributed by atoms with Gasteiger partial charge in [0, 0.05) is 11.8 Å². The molecule has 124 valence electrons. The summed E-state index contributed by atoms with van der Waals surface area (Å²) in [5.41, 5.74) is 0.628. The lowest BCUT2D eigenvalue weighted by atomic mass is 10.3. The lowest BCUT2D eigenvalue weighted by molar-refractivity contribution is 0.334. The molecule has 1 heterocycles. The standard InChI is InChI=1S/C17H16N2O4S/c18-24(20,21)16-8-4-5-13(11-16)19-12-15-9-10-17(23-15)22-14-6-2-1-3-7-14/h1-11,19H,12H2,(H2,18,20,21). The summed E-state index contributed by atoms with van der Waals surface area (Å²) in [6, 6.07) is 19.1.